The van der Waals surface area contributed by atoms with Crippen molar-refractivity contribution in [1.29, 1.82) is 0 Å². The number of rotatable bonds is 7. The molecule has 1 aromatic heterocycles. The number of nitrogens with zero attached hydrogens (tertiary/aromatic N) is 2. The van der Waals surface area contributed by atoms with Gasteiger partial charge >= 0.3 is 0 Å². The first-order chi connectivity index (χ1) is 13.2. The molecule has 0 aliphatic carbocycles. The van der Waals surface area contributed by atoms with Gasteiger partial charge in [-0.05, 0) is 57.7 Å². The van der Waals surface area contributed by atoms with Gasteiger partial charge in [-0.1, -0.05) is 25.1 Å². The van der Waals surface area contributed by atoms with Crippen LogP contribution in [0.1, 0.15) is 44.4 Å². The molecule has 5 nitrogen and oxygen atoms in total. The van der Waals surface area contributed by atoms with Gasteiger partial charge in [-0.25, -0.2) is 0 Å². The van der Waals surface area contributed by atoms with Crippen molar-refractivity contribution in [2.45, 2.75) is 52.5 Å². The van der Waals surface area contributed by atoms with E-state index in [2.05, 4.69) is 65.6 Å². The highest BCUT2D eigenvalue weighted by Gasteiger charge is 2.19. The summed E-state index contributed by atoms with van der Waals surface area (Å²) in [6.45, 7) is 11.9. The number of piperidine rings is 1. The second-order valence-electron chi connectivity index (χ2n) is 7.55. The number of aryl methyl sites for hydroxylation is 1. The predicted molar refractivity (Wildman–Crippen MR) is 116 cm³/mol. The number of guanidine groups is 1. The topological polar surface area (TPSA) is 55.5 Å². The van der Waals surface area contributed by atoms with E-state index in [0.717, 1.165) is 25.5 Å². The fourth-order valence-electron chi connectivity index (χ4n) is 4.07. The van der Waals surface area contributed by atoms with Crippen molar-refractivity contribution in [2.75, 3.05) is 32.7 Å². The zero-order chi connectivity index (χ0) is 19.1. The first-order valence-electron chi connectivity index (χ1n) is 10.5. The molecule has 3 rings (SSSR count). The number of benzene rings is 1. The minimum absolute atomic E-state index is 0.533. The summed E-state index contributed by atoms with van der Waals surface area (Å²) >= 11 is 0. The Bertz CT molecular complexity index is 740. The molecule has 1 aromatic carbocycles. The molecular weight excluding hydrogens is 334 g/mol. The molecule has 1 aliphatic rings. The molecule has 0 radical (unpaired) electrons. The maximum atomic E-state index is 4.85. The van der Waals surface area contributed by atoms with Gasteiger partial charge in [-0.2, -0.15) is 0 Å². The molecule has 5 heteroatoms. The van der Waals surface area contributed by atoms with Crippen LogP contribution >= 0.6 is 0 Å². The molecule has 0 saturated carbocycles. The number of H-pyrrole nitrogens is 1. The lowest BCUT2D eigenvalue weighted by molar-refractivity contribution is 0.206. The zero-order valence-corrected chi connectivity index (χ0v) is 17.1. The SMILES string of the molecule is CCCN1CCC(NC(=NCCc2c(C)[nH]c3ccccc23)NCC)CC1. The molecule has 3 N–H and O–H groups in total. The number of hydrogen-bond donors (Lipinski definition) is 3. The summed E-state index contributed by atoms with van der Waals surface area (Å²) in [4.78, 5) is 10.9. The Morgan fingerprint density at radius 3 is 2.74 bits per heavy atom. The van der Waals surface area contributed by atoms with E-state index in [1.54, 1.807) is 0 Å². The average Bonchev–Trinajstić information content (AvgIpc) is 2.99. The van der Waals surface area contributed by atoms with Crippen LogP contribution in [0.25, 0.3) is 10.9 Å². The van der Waals surface area contributed by atoms with E-state index < -0.39 is 0 Å². The predicted octanol–water partition coefficient (Wildman–Crippen LogP) is 3.45. The molecule has 0 atom stereocenters. The van der Waals surface area contributed by atoms with Crippen molar-refractivity contribution < 1.29 is 0 Å². The lowest BCUT2D eigenvalue weighted by Gasteiger charge is -2.32. The molecule has 1 saturated heterocycles. The largest absolute Gasteiger partial charge is 0.358 e. The van der Waals surface area contributed by atoms with Crippen LogP contribution in [-0.4, -0.2) is 54.6 Å². The van der Waals surface area contributed by atoms with Gasteiger partial charge in [0.25, 0.3) is 0 Å². The molecule has 1 fully saturated rings. The second kappa shape index (κ2) is 9.79. The Balaban J connectivity index is 1.57. The minimum Gasteiger partial charge on any atom is -0.358 e. The zero-order valence-electron chi connectivity index (χ0n) is 17.1. The van der Waals surface area contributed by atoms with Gasteiger partial charge in [0.1, 0.15) is 0 Å². The Morgan fingerprint density at radius 2 is 2.00 bits per heavy atom. The third-order valence-corrected chi connectivity index (χ3v) is 5.47. The molecule has 1 aliphatic heterocycles. The normalized spacial score (nSPS) is 16.8. The fraction of sp³-hybridized carbons (Fsp3) is 0.591. The molecule has 2 aromatic rings. The van der Waals surface area contributed by atoms with Crippen LogP contribution in [0.4, 0.5) is 0 Å². The molecular formula is C22H35N5. The highest BCUT2D eigenvalue weighted by Crippen LogP contribution is 2.22. The van der Waals surface area contributed by atoms with Crippen LogP contribution in [0.15, 0.2) is 29.3 Å². The van der Waals surface area contributed by atoms with Crippen molar-refractivity contribution in [3.63, 3.8) is 0 Å². The number of fused-ring (bicyclic) bond motifs is 1. The number of aromatic amines is 1. The van der Waals surface area contributed by atoms with Crippen LogP contribution in [0.3, 0.4) is 0 Å². The van der Waals surface area contributed by atoms with Gasteiger partial charge in [-0.15, -0.1) is 0 Å². The first kappa shape index (κ1) is 19.7. The van der Waals surface area contributed by atoms with E-state index in [1.165, 1.54) is 61.1 Å². The van der Waals surface area contributed by atoms with Crippen molar-refractivity contribution in [3.05, 3.63) is 35.5 Å². The van der Waals surface area contributed by atoms with Gasteiger partial charge in [0.2, 0.25) is 0 Å². The summed E-state index contributed by atoms with van der Waals surface area (Å²) in [5, 5.41) is 8.40. The quantitative estimate of drug-likeness (QED) is 0.518. The molecule has 148 valence electrons. The second-order valence-corrected chi connectivity index (χ2v) is 7.55. The van der Waals surface area contributed by atoms with E-state index in [0.29, 0.717) is 6.04 Å². The lowest BCUT2D eigenvalue weighted by atomic mass is 10.1. The van der Waals surface area contributed by atoms with Gasteiger partial charge < -0.3 is 20.5 Å². The average molecular weight is 370 g/mol. The highest BCUT2D eigenvalue weighted by molar-refractivity contribution is 5.84. The van der Waals surface area contributed by atoms with E-state index in [-0.39, 0.29) is 0 Å². The molecule has 0 unspecified atom stereocenters. The number of likely N-dealkylation sites (tertiary alicyclic amines) is 1. The molecule has 27 heavy (non-hydrogen) atoms. The number of aliphatic imine (C=N–C) groups is 1. The number of hydrogen-bond acceptors (Lipinski definition) is 2. The molecule has 0 spiro atoms. The summed E-state index contributed by atoms with van der Waals surface area (Å²) in [5.74, 6) is 0.962. The van der Waals surface area contributed by atoms with Gasteiger partial charge in [0, 0.05) is 48.8 Å². The van der Waals surface area contributed by atoms with Crippen LogP contribution < -0.4 is 10.6 Å². The Hall–Kier alpha value is -2.01. The third-order valence-electron chi connectivity index (χ3n) is 5.47. The van der Waals surface area contributed by atoms with Crippen molar-refractivity contribution in [3.8, 4) is 0 Å². The van der Waals surface area contributed by atoms with Crippen molar-refractivity contribution in [2.24, 2.45) is 4.99 Å². The van der Waals surface area contributed by atoms with Gasteiger partial charge in [0.15, 0.2) is 5.96 Å². The van der Waals surface area contributed by atoms with Crippen LogP contribution in [0, 0.1) is 6.92 Å². The fourth-order valence-corrected chi connectivity index (χ4v) is 4.07. The van der Waals surface area contributed by atoms with E-state index >= 15 is 0 Å². The smallest absolute Gasteiger partial charge is 0.191 e. The van der Waals surface area contributed by atoms with Gasteiger partial charge in [-0.3, -0.25) is 4.99 Å². The number of para-hydroxylation sites is 1. The van der Waals surface area contributed by atoms with E-state index in [4.69, 9.17) is 4.99 Å². The lowest BCUT2D eigenvalue weighted by Crippen LogP contribution is -2.48. The van der Waals surface area contributed by atoms with Crippen molar-refractivity contribution in [1.82, 2.24) is 20.5 Å². The third kappa shape index (κ3) is 5.25. The van der Waals surface area contributed by atoms with E-state index in [9.17, 15) is 0 Å². The summed E-state index contributed by atoms with van der Waals surface area (Å²) in [6.07, 6.45) is 4.61. The Kier molecular flexibility index (Phi) is 7.16. The van der Waals surface area contributed by atoms with Crippen LogP contribution in [-0.2, 0) is 6.42 Å². The van der Waals surface area contributed by atoms with Crippen molar-refractivity contribution >= 4 is 16.9 Å². The van der Waals surface area contributed by atoms with Crippen LogP contribution in [0.2, 0.25) is 0 Å². The van der Waals surface area contributed by atoms with Crippen LogP contribution in [0.5, 0.6) is 0 Å². The summed E-state index contributed by atoms with van der Waals surface area (Å²) < 4.78 is 0. The standard InChI is InChI=1S/C22H35N5/c1-4-14-27-15-11-18(12-16-27)26-22(23-5-2)24-13-10-19-17(3)25-21-9-7-6-8-20(19)21/h6-9,18,25H,4-5,10-16H2,1-3H3,(H2,23,24,26). The minimum atomic E-state index is 0.533. The highest BCUT2D eigenvalue weighted by atomic mass is 15.2. The maximum Gasteiger partial charge on any atom is 0.191 e. The Morgan fingerprint density at radius 1 is 1.22 bits per heavy atom. The maximum absolute atomic E-state index is 4.85. The van der Waals surface area contributed by atoms with E-state index in [1.807, 2.05) is 0 Å². The summed E-state index contributed by atoms with van der Waals surface area (Å²) in [6, 6.07) is 9.07. The Labute approximate surface area is 163 Å². The molecule has 0 amide bonds. The molecule has 2 heterocycles. The first-order valence-corrected chi connectivity index (χ1v) is 10.5. The number of nitrogens with one attached hydrogen (secondary N) is 3. The monoisotopic (exact) mass is 369 g/mol. The summed E-state index contributed by atoms with van der Waals surface area (Å²) in [7, 11) is 0. The summed E-state index contributed by atoms with van der Waals surface area (Å²) in [5.41, 5.74) is 3.86. The van der Waals surface area contributed by atoms with Gasteiger partial charge in [0.05, 0.1) is 0 Å². The number of aromatic nitrogens is 1. The molecule has 0 bridgehead atoms.